The van der Waals surface area contributed by atoms with Crippen molar-refractivity contribution in [2.24, 2.45) is 0 Å². The van der Waals surface area contributed by atoms with Gasteiger partial charge in [0.05, 0.1) is 0 Å². The molecule has 3 nitrogen and oxygen atoms in total. The summed E-state index contributed by atoms with van der Waals surface area (Å²) in [5.41, 5.74) is 0. The Morgan fingerprint density at radius 3 is 2.30 bits per heavy atom. The summed E-state index contributed by atoms with van der Waals surface area (Å²) in [5, 5.41) is 9.69. The Balaban J connectivity index is 0. The van der Waals surface area contributed by atoms with Gasteiger partial charge in [-0.3, -0.25) is 4.79 Å². The van der Waals surface area contributed by atoms with Crippen LogP contribution in [-0.2, 0) is 9.59 Å². The fraction of sp³-hybridized carbons (Fsp3) is 0.600. The van der Waals surface area contributed by atoms with Crippen LogP contribution < -0.4 is 24.0 Å². The van der Waals surface area contributed by atoms with E-state index in [1.54, 1.807) is 0 Å². The maximum Gasteiger partial charge on any atom is 1.00 e. The molecule has 0 heterocycles. The molecular formula is C5H7LiO3S. The quantitative estimate of drug-likeness (QED) is 0.394. The van der Waals surface area contributed by atoms with Crippen LogP contribution in [0.2, 0.25) is 0 Å². The zero-order valence-electron chi connectivity index (χ0n) is 6.05. The van der Waals surface area contributed by atoms with Crippen LogP contribution in [0.1, 0.15) is 13.3 Å². The van der Waals surface area contributed by atoms with Gasteiger partial charge in [-0.25, -0.2) is 0 Å². The van der Waals surface area contributed by atoms with Gasteiger partial charge in [0.25, 0.3) is 0 Å². The van der Waals surface area contributed by atoms with Crippen LogP contribution in [0.25, 0.3) is 0 Å². The monoisotopic (exact) mass is 154 g/mol. The fourth-order valence-electron chi connectivity index (χ4n) is 0.278. The molecule has 0 radical (unpaired) electrons. The van der Waals surface area contributed by atoms with Gasteiger partial charge in [-0.05, 0) is 6.42 Å². The molecule has 0 saturated heterocycles. The van der Waals surface area contributed by atoms with Crippen molar-refractivity contribution < 1.29 is 33.6 Å². The maximum absolute atomic E-state index is 10.2. The molecule has 10 heavy (non-hydrogen) atoms. The van der Waals surface area contributed by atoms with Gasteiger partial charge in [0.15, 0.2) is 5.12 Å². The minimum atomic E-state index is -1.11. The zero-order chi connectivity index (χ0) is 7.28. The van der Waals surface area contributed by atoms with Crippen molar-refractivity contribution in [3.8, 4) is 0 Å². The average molecular weight is 154 g/mol. The largest absolute Gasteiger partial charge is 1.00 e. The summed E-state index contributed by atoms with van der Waals surface area (Å²) in [7, 11) is 0. The van der Waals surface area contributed by atoms with Crippen molar-refractivity contribution in [3.63, 3.8) is 0 Å². The molecule has 0 spiro atoms. The van der Waals surface area contributed by atoms with Gasteiger partial charge in [-0.2, -0.15) is 0 Å². The third-order valence-corrected chi connectivity index (χ3v) is 1.43. The van der Waals surface area contributed by atoms with Crippen molar-refractivity contribution in [3.05, 3.63) is 0 Å². The Morgan fingerprint density at radius 1 is 1.50 bits per heavy atom. The van der Waals surface area contributed by atoms with E-state index < -0.39 is 5.97 Å². The molecule has 0 unspecified atom stereocenters. The normalized spacial score (nSPS) is 8.10. The summed E-state index contributed by atoms with van der Waals surface area (Å²) in [6.07, 6.45) is -0.0513. The van der Waals surface area contributed by atoms with E-state index in [9.17, 15) is 14.7 Å². The molecule has 0 aliphatic carbocycles. The summed E-state index contributed by atoms with van der Waals surface area (Å²) in [5.74, 6) is -0.791. The van der Waals surface area contributed by atoms with Crippen LogP contribution in [0.3, 0.4) is 0 Å². The van der Waals surface area contributed by atoms with Crippen molar-refractivity contribution in [1.29, 1.82) is 0 Å². The Morgan fingerprint density at radius 2 is 2.00 bits per heavy atom. The van der Waals surface area contributed by atoms with Crippen LogP contribution in [0, 0.1) is 0 Å². The molecule has 0 aliphatic rings. The second-order valence-electron chi connectivity index (χ2n) is 1.46. The van der Waals surface area contributed by atoms with Gasteiger partial charge in [0.1, 0.15) is 0 Å². The summed E-state index contributed by atoms with van der Waals surface area (Å²) in [4.78, 5) is 19.9. The second kappa shape index (κ2) is 7.20. The van der Waals surface area contributed by atoms with E-state index in [1.807, 2.05) is 0 Å². The molecule has 0 amide bonds. The number of hydrogen-bond acceptors (Lipinski definition) is 4. The van der Waals surface area contributed by atoms with Gasteiger partial charge >= 0.3 is 18.9 Å². The first-order valence-electron chi connectivity index (χ1n) is 2.46. The van der Waals surface area contributed by atoms with E-state index in [2.05, 4.69) is 0 Å². The average Bonchev–Trinajstić information content (AvgIpc) is 1.63. The van der Waals surface area contributed by atoms with Crippen molar-refractivity contribution in [1.82, 2.24) is 0 Å². The van der Waals surface area contributed by atoms with E-state index in [0.717, 1.165) is 11.8 Å². The van der Waals surface area contributed by atoms with Gasteiger partial charge in [0.2, 0.25) is 0 Å². The Kier molecular flexibility index (Phi) is 9.17. The van der Waals surface area contributed by atoms with E-state index >= 15 is 0 Å². The molecule has 0 aromatic heterocycles. The predicted octanol–water partition coefficient (Wildman–Crippen LogP) is -3.59. The van der Waals surface area contributed by atoms with Crippen LogP contribution in [-0.4, -0.2) is 16.8 Å². The van der Waals surface area contributed by atoms with Gasteiger partial charge < -0.3 is 9.90 Å². The Labute approximate surface area is 75.7 Å². The van der Waals surface area contributed by atoms with Crippen LogP contribution in [0.4, 0.5) is 0 Å². The number of hydrogen-bond donors (Lipinski definition) is 0. The SMILES string of the molecule is CC(=O)SCCC(=O)[O-].[Li+]. The predicted molar refractivity (Wildman–Crippen MR) is 32.8 cm³/mol. The smallest absolute Gasteiger partial charge is 0.550 e. The standard InChI is InChI=1S/C5H8O3S.Li/c1-4(6)9-3-2-5(7)8;/h2-3H2,1H3,(H,7,8);/q;+1/p-1. The molecule has 0 rings (SSSR count). The first kappa shape index (κ1) is 12.7. The Hall–Kier alpha value is 0.0874. The second-order valence-corrected chi connectivity index (χ2v) is 2.73. The molecule has 0 aromatic carbocycles. The van der Waals surface area contributed by atoms with Crippen molar-refractivity contribution in [2.45, 2.75) is 13.3 Å². The van der Waals surface area contributed by atoms with Gasteiger partial charge in [-0.1, -0.05) is 11.8 Å². The zero-order valence-corrected chi connectivity index (χ0v) is 6.86. The molecule has 0 N–H and O–H groups in total. The number of carbonyl (C=O) groups excluding carboxylic acids is 2. The molecule has 0 aromatic rings. The van der Waals surface area contributed by atoms with Gasteiger partial charge in [-0.15, -0.1) is 0 Å². The van der Waals surface area contributed by atoms with Crippen LogP contribution >= 0.6 is 11.8 Å². The first-order valence-corrected chi connectivity index (χ1v) is 3.44. The number of rotatable bonds is 3. The molecular weight excluding hydrogens is 147 g/mol. The van der Waals surface area contributed by atoms with Crippen molar-refractivity contribution >= 4 is 22.8 Å². The van der Waals surface area contributed by atoms with Crippen LogP contribution in [0.5, 0.6) is 0 Å². The summed E-state index contributed by atoms with van der Waals surface area (Å²) >= 11 is 1.000. The minimum Gasteiger partial charge on any atom is -0.550 e. The summed E-state index contributed by atoms with van der Waals surface area (Å²) < 4.78 is 0. The van der Waals surface area contributed by atoms with E-state index in [-0.39, 0.29) is 30.4 Å². The number of carboxylic acids is 1. The summed E-state index contributed by atoms with van der Waals surface area (Å²) in [6, 6.07) is 0. The minimum absolute atomic E-state index is 0. The van der Waals surface area contributed by atoms with E-state index in [0.29, 0.717) is 5.75 Å². The van der Waals surface area contributed by atoms with Crippen molar-refractivity contribution in [2.75, 3.05) is 5.75 Å². The van der Waals surface area contributed by atoms with Crippen LogP contribution in [0.15, 0.2) is 0 Å². The van der Waals surface area contributed by atoms with Gasteiger partial charge in [0, 0.05) is 18.6 Å². The topological polar surface area (TPSA) is 57.2 Å². The molecule has 0 saturated carbocycles. The molecule has 0 atom stereocenters. The van der Waals surface area contributed by atoms with E-state index in [4.69, 9.17) is 0 Å². The molecule has 0 bridgehead atoms. The number of aliphatic carboxylic acids is 1. The molecule has 5 heteroatoms. The molecule has 52 valence electrons. The number of carbonyl (C=O) groups is 2. The molecule has 0 aliphatic heterocycles. The Bertz CT molecular complexity index is 112. The summed E-state index contributed by atoms with van der Waals surface area (Å²) in [6.45, 7) is 1.40. The fourth-order valence-corrected chi connectivity index (χ4v) is 0.834. The third-order valence-electron chi connectivity index (χ3n) is 0.612. The third kappa shape index (κ3) is 11.0. The number of carboxylic acid groups (broad SMARTS) is 1. The maximum atomic E-state index is 10.2. The number of thioether (sulfide) groups is 1. The molecule has 0 fully saturated rings. The first-order chi connectivity index (χ1) is 4.13. The van der Waals surface area contributed by atoms with E-state index in [1.165, 1.54) is 6.92 Å².